The smallest absolute Gasteiger partial charge is 0.308 e. The second-order valence-electron chi connectivity index (χ2n) is 3.29. The molecule has 0 radical (unpaired) electrons. The van der Waals surface area contributed by atoms with Gasteiger partial charge in [0.05, 0.1) is 19.1 Å². The minimum Gasteiger partial charge on any atom is -0.466 e. The molecule has 0 aromatic heterocycles. The monoisotopic (exact) mass is 314 g/mol. The fourth-order valence-corrected chi connectivity index (χ4v) is 1.33. The van der Waals surface area contributed by atoms with E-state index in [1.54, 1.807) is 0 Å². The number of alkyl halides is 1. The van der Waals surface area contributed by atoms with Gasteiger partial charge in [0.25, 0.3) is 0 Å². The maximum atomic E-state index is 11.1. The Hall–Kier alpha value is 0.160. The number of hydrogen-bond donors (Lipinski definition) is 1. The molecule has 0 amide bonds. The highest BCUT2D eigenvalue weighted by Crippen LogP contribution is 2.02. The molecule has 4 heteroatoms. The van der Waals surface area contributed by atoms with Crippen molar-refractivity contribution in [3.8, 4) is 0 Å². The van der Waals surface area contributed by atoms with Gasteiger partial charge >= 0.3 is 5.97 Å². The highest BCUT2D eigenvalue weighted by Gasteiger charge is 2.09. The van der Waals surface area contributed by atoms with E-state index in [1.807, 2.05) is 22.6 Å². The summed E-state index contributed by atoms with van der Waals surface area (Å²) in [7, 11) is 0. The van der Waals surface area contributed by atoms with E-state index in [-0.39, 0.29) is 12.4 Å². The van der Waals surface area contributed by atoms with Gasteiger partial charge < -0.3 is 9.84 Å². The maximum Gasteiger partial charge on any atom is 0.308 e. The van der Waals surface area contributed by atoms with Crippen LogP contribution in [0, 0.1) is 0 Å². The fourth-order valence-electron chi connectivity index (χ4n) is 1.02. The van der Waals surface area contributed by atoms with Gasteiger partial charge in [-0.1, -0.05) is 48.8 Å². The van der Waals surface area contributed by atoms with Crippen molar-refractivity contribution in [3.63, 3.8) is 0 Å². The van der Waals surface area contributed by atoms with Crippen molar-refractivity contribution in [2.24, 2.45) is 0 Å². The van der Waals surface area contributed by atoms with Crippen LogP contribution in [-0.4, -0.2) is 28.2 Å². The summed E-state index contributed by atoms with van der Waals surface area (Å²) >= 11 is 2.05. The van der Waals surface area contributed by atoms with Crippen molar-refractivity contribution < 1.29 is 14.6 Å². The van der Waals surface area contributed by atoms with Crippen molar-refractivity contribution >= 4 is 28.6 Å². The highest BCUT2D eigenvalue weighted by molar-refractivity contribution is 14.1. The lowest BCUT2D eigenvalue weighted by Gasteiger charge is -2.07. The number of carbonyl (C=O) groups is 1. The van der Waals surface area contributed by atoms with E-state index >= 15 is 0 Å². The van der Waals surface area contributed by atoms with Crippen LogP contribution in [0.2, 0.25) is 0 Å². The van der Waals surface area contributed by atoms with E-state index in [1.165, 1.54) is 12.8 Å². The Kier molecular flexibility index (Phi) is 9.82. The molecule has 0 rings (SSSR count). The first kappa shape index (κ1) is 14.2. The van der Waals surface area contributed by atoms with Crippen LogP contribution in [0.25, 0.3) is 0 Å². The number of hydrogen-bond acceptors (Lipinski definition) is 3. The Morgan fingerprint density at radius 1 is 1.43 bits per heavy atom. The molecule has 0 bridgehead atoms. The highest BCUT2D eigenvalue weighted by atomic mass is 127. The van der Waals surface area contributed by atoms with Crippen LogP contribution < -0.4 is 0 Å². The molecule has 1 atom stereocenters. The molecule has 14 heavy (non-hydrogen) atoms. The molecule has 84 valence electrons. The number of esters is 1. The third-order valence-electron chi connectivity index (χ3n) is 1.84. The second-order valence-corrected chi connectivity index (χ2v) is 4.17. The van der Waals surface area contributed by atoms with Gasteiger partial charge in [0.1, 0.15) is 0 Å². The first-order valence-corrected chi connectivity index (χ1v) is 6.63. The zero-order valence-electron chi connectivity index (χ0n) is 8.67. The van der Waals surface area contributed by atoms with Crippen LogP contribution in [0.4, 0.5) is 0 Å². The zero-order chi connectivity index (χ0) is 10.8. The minimum absolute atomic E-state index is 0.122. The summed E-state index contributed by atoms with van der Waals surface area (Å²) < 4.78 is 5.53. The summed E-state index contributed by atoms with van der Waals surface area (Å²) in [6, 6.07) is 0. The molecule has 0 fully saturated rings. The zero-order valence-corrected chi connectivity index (χ0v) is 10.8. The topological polar surface area (TPSA) is 46.5 Å². The summed E-state index contributed by atoms with van der Waals surface area (Å²) in [6.45, 7) is 2.63. The number of halogens is 1. The number of ether oxygens (including phenoxy) is 1. The van der Waals surface area contributed by atoms with Crippen molar-refractivity contribution in [2.75, 3.05) is 11.0 Å². The molecular formula is C10H19IO3. The largest absolute Gasteiger partial charge is 0.466 e. The Morgan fingerprint density at radius 3 is 2.71 bits per heavy atom. The van der Waals surface area contributed by atoms with Crippen LogP contribution >= 0.6 is 22.6 Å². The molecule has 1 unspecified atom stereocenters. The summed E-state index contributed by atoms with van der Waals surface area (Å²) in [6.07, 6.45) is 3.98. The van der Waals surface area contributed by atoms with Gasteiger partial charge in [-0.15, -0.1) is 0 Å². The quantitative estimate of drug-likeness (QED) is 0.324. The molecule has 3 nitrogen and oxygen atoms in total. The van der Waals surface area contributed by atoms with E-state index in [4.69, 9.17) is 9.84 Å². The summed E-state index contributed by atoms with van der Waals surface area (Å²) in [4.78, 5) is 11.1. The lowest BCUT2D eigenvalue weighted by molar-refractivity contribution is -0.145. The SMILES string of the molecule is CCCCCCOC(=O)CC(O)CI. The van der Waals surface area contributed by atoms with E-state index in [9.17, 15) is 4.79 Å². The molecule has 0 spiro atoms. The fraction of sp³-hybridized carbons (Fsp3) is 0.900. The molecule has 1 N–H and O–H groups in total. The molecule has 0 aromatic carbocycles. The molecule has 0 aliphatic heterocycles. The first-order valence-electron chi connectivity index (χ1n) is 5.10. The van der Waals surface area contributed by atoms with Crippen molar-refractivity contribution in [1.82, 2.24) is 0 Å². The number of aliphatic hydroxyl groups excluding tert-OH is 1. The van der Waals surface area contributed by atoms with Crippen LogP contribution in [0.15, 0.2) is 0 Å². The lowest BCUT2D eigenvalue weighted by atomic mass is 10.2. The van der Waals surface area contributed by atoms with Gasteiger partial charge in [-0.05, 0) is 6.42 Å². The number of aliphatic hydroxyl groups is 1. The van der Waals surface area contributed by atoms with Crippen molar-refractivity contribution in [1.29, 1.82) is 0 Å². The molecule has 0 saturated heterocycles. The molecular weight excluding hydrogens is 295 g/mol. The van der Waals surface area contributed by atoms with Crippen LogP contribution in [0.5, 0.6) is 0 Å². The van der Waals surface area contributed by atoms with Gasteiger partial charge in [0.2, 0.25) is 0 Å². The molecule has 0 heterocycles. The van der Waals surface area contributed by atoms with Gasteiger partial charge in [-0.3, -0.25) is 4.79 Å². The van der Waals surface area contributed by atoms with Crippen molar-refractivity contribution in [2.45, 2.75) is 45.1 Å². The standard InChI is InChI=1S/C10H19IO3/c1-2-3-4-5-6-14-10(13)7-9(12)8-11/h9,12H,2-8H2,1H3. The third-order valence-corrected chi connectivity index (χ3v) is 2.86. The van der Waals surface area contributed by atoms with E-state index in [0.29, 0.717) is 11.0 Å². The maximum absolute atomic E-state index is 11.1. The summed E-state index contributed by atoms with van der Waals surface area (Å²) in [5.41, 5.74) is 0. The van der Waals surface area contributed by atoms with Gasteiger partial charge in [-0.25, -0.2) is 0 Å². The van der Waals surface area contributed by atoms with Crippen LogP contribution in [-0.2, 0) is 9.53 Å². The molecule has 0 aromatic rings. The molecule has 0 aliphatic carbocycles. The van der Waals surface area contributed by atoms with Gasteiger partial charge in [0.15, 0.2) is 0 Å². The Morgan fingerprint density at radius 2 is 2.14 bits per heavy atom. The Labute approximate surface area is 99.4 Å². The Bertz CT molecular complexity index is 150. The summed E-state index contributed by atoms with van der Waals surface area (Å²) in [5, 5.41) is 9.16. The van der Waals surface area contributed by atoms with Gasteiger partial charge in [-0.2, -0.15) is 0 Å². The van der Waals surface area contributed by atoms with Crippen LogP contribution in [0.1, 0.15) is 39.0 Å². The second kappa shape index (κ2) is 9.71. The van der Waals surface area contributed by atoms with E-state index in [2.05, 4.69) is 6.92 Å². The molecule has 0 aliphatic rings. The summed E-state index contributed by atoms with van der Waals surface area (Å²) in [5.74, 6) is -0.286. The van der Waals surface area contributed by atoms with Crippen molar-refractivity contribution in [3.05, 3.63) is 0 Å². The van der Waals surface area contributed by atoms with E-state index in [0.717, 1.165) is 12.8 Å². The third kappa shape index (κ3) is 8.74. The van der Waals surface area contributed by atoms with Gasteiger partial charge in [0, 0.05) is 4.43 Å². The number of carbonyl (C=O) groups excluding carboxylic acids is 1. The van der Waals surface area contributed by atoms with E-state index < -0.39 is 6.10 Å². The minimum atomic E-state index is -0.557. The normalized spacial score (nSPS) is 12.5. The number of rotatable bonds is 8. The number of unbranched alkanes of at least 4 members (excludes halogenated alkanes) is 3. The van der Waals surface area contributed by atoms with Crippen LogP contribution in [0.3, 0.4) is 0 Å². The predicted octanol–water partition coefficient (Wildman–Crippen LogP) is 2.30. The average Bonchev–Trinajstić information content (AvgIpc) is 2.17. The Balaban J connectivity index is 3.27. The molecule has 0 saturated carbocycles. The average molecular weight is 314 g/mol. The predicted molar refractivity (Wildman–Crippen MR) is 64.6 cm³/mol. The first-order chi connectivity index (χ1) is 6.70. The lowest BCUT2D eigenvalue weighted by Crippen LogP contribution is -2.17.